The van der Waals surface area contributed by atoms with E-state index in [1.165, 1.54) is 0 Å². The van der Waals surface area contributed by atoms with Crippen molar-refractivity contribution < 1.29 is 9.59 Å². The molecule has 1 fully saturated rings. The van der Waals surface area contributed by atoms with Gasteiger partial charge in [-0.05, 0) is 37.1 Å². The zero-order valence-electron chi connectivity index (χ0n) is 11.1. The summed E-state index contributed by atoms with van der Waals surface area (Å²) in [7, 11) is 0. The minimum Gasteiger partial charge on any atom is -0.369 e. The second kappa shape index (κ2) is 6.85. The van der Waals surface area contributed by atoms with Crippen molar-refractivity contribution in [2.45, 2.75) is 18.9 Å². The van der Waals surface area contributed by atoms with Gasteiger partial charge in [-0.25, -0.2) is 0 Å². The molecule has 3 N–H and O–H groups in total. The van der Waals surface area contributed by atoms with E-state index in [2.05, 4.69) is 21.2 Å². The fourth-order valence-electron chi connectivity index (χ4n) is 2.33. The van der Waals surface area contributed by atoms with Crippen molar-refractivity contribution in [1.29, 1.82) is 0 Å². The fraction of sp³-hybridized carbons (Fsp3) is 0.429. The predicted octanol–water partition coefficient (Wildman–Crippen LogP) is 1.13. The molecule has 2 rings (SSSR count). The summed E-state index contributed by atoms with van der Waals surface area (Å²) in [5.74, 6) is -0.354. The molecule has 1 aromatic carbocycles. The number of carbonyl (C=O) groups excluding carboxylic acids is 2. The van der Waals surface area contributed by atoms with Gasteiger partial charge in [0.2, 0.25) is 5.91 Å². The minimum absolute atomic E-state index is 0.0501. The lowest BCUT2D eigenvalue weighted by Gasteiger charge is -2.31. The highest BCUT2D eigenvalue weighted by Crippen LogP contribution is 2.13. The molecule has 0 spiro atoms. The summed E-state index contributed by atoms with van der Waals surface area (Å²) in [6.07, 6.45) is 1.69. The van der Waals surface area contributed by atoms with E-state index in [-0.39, 0.29) is 17.9 Å². The Labute approximate surface area is 126 Å². The summed E-state index contributed by atoms with van der Waals surface area (Å²) in [5.41, 5.74) is 5.83. The molecular formula is C14H18BrN3O2. The predicted molar refractivity (Wildman–Crippen MR) is 80.3 cm³/mol. The van der Waals surface area contributed by atoms with Crippen LogP contribution < -0.4 is 11.1 Å². The Morgan fingerprint density at radius 2 is 1.85 bits per heavy atom. The van der Waals surface area contributed by atoms with Crippen molar-refractivity contribution >= 4 is 27.7 Å². The molecule has 0 aromatic heterocycles. The van der Waals surface area contributed by atoms with E-state index < -0.39 is 0 Å². The Kier molecular flexibility index (Phi) is 5.14. The average molecular weight is 340 g/mol. The van der Waals surface area contributed by atoms with Gasteiger partial charge < -0.3 is 11.1 Å². The molecule has 0 radical (unpaired) electrons. The second-order valence-corrected chi connectivity index (χ2v) is 5.91. The smallest absolute Gasteiger partial charge is 0.251 e. The zero-order chi connectivity index (χ0) is 14.5. The monoisotopic (exact) mass is 339 g/mol. The fourth-order valence-corrected chi connectivity index (χ4v) is 2.59. The quantitative estimate of drug-likeness (QED) is 0.863. The number of carbonyl (C=O) groups is 2. The van der Waals surface area contributed by atoms with E-state index in [1.807, 2.05) is 17.0 Å². The van der Waals surface area contributed by atoms with Crippen LogP contribution >= 0.6 is 15.9 Å². The van der Waals surface area contributed by atoms with Crippen LogP contribution in [-0.2, 0) is 4.79 Å². The van der Waals surface area contributed by atoms with Crippen molar-refractivity contribution in [1.82, 2.24) is 10.2 Å². The van der Waals surface area contributed by atoms with Gasteiger partial charge in [-0.3, -0.25) is 14.5 Å². The van der Waals surface area contributed by atoms with Gasteiger partial charge in [-0.15, -0.1) is 0 Å². The van der Waals surface area contributed by atoms with Crippen molar-refractivity contribution in [3.63, 3.8) is 0 Å². The standard InChI is InChI=1S/C14H18BrN3O2/c15-11-3-1-10(2-4-11)14(20)17-12-5-7-18(8-6-12)9-13(16)19/h1-4,12H,5-9H2,(H2,16,19)(H,17,20). The number of rotatable bonds is 4. The van der Waals surface area contributed by atoms with E-state index >= 15 is 0 Å². The molecule has 0 bridgehead atoms. The highest BCUT2D eigenvalue weighted by Gasteiger charge is 2.21. The Morgan fingerprint density at radius 1 is 1.25 bits per heavy atom. The third kappa shape index (κ3) is 4.31. The van der Waals surface area contributed by atoms with Gasteiger partial charge in [0.15, 0.2) is 0 Å². The van der Waals surface area contributed by atoms with Gasteiger partial charge in [0.1, 0.15) is 0 Å². The van der Waals surface area contributed by atoms with Crippen LogP contribution in [0.2, 0.25) is 0 Å². The van der Waals surface area contributed by atoms with Crippen LogP contribution in [0, 0.1) is 0 Å². The Bertz CT molecular complexity index is 482. The van der Waals surface area contributed by atoms with E-state index in [1.54, 1.807) is 12.1 Å². The van der Waals surface area contributed by atoms with Crippen molar-refractivity contribution in [2.75, 3.05) is 19.6 Å². The largest absolute Gasteiger partial charge is 0.369 e. The lowest BCUT2D eigenvalue weighted by molar-refractivity contribution is -0.119. The maximum Gasteiger partial charge on any atom is 0.251 e. The maximum absolute atomic E-state index is 12.1. The van der Waals surface area contributed by atoms with Gasteiger partial charge in [-0.1, -0.05) is 15.9 Å². The second-order valence-electron chi connectivity index (χ2n) is 5.00. The van der Waals surface area contributed by atoms with E-state index in [9.17, 15) is 9.59 Å². The maximum atomic E-state index is 12.1. The van der Waals surface area contributed by atoms with E-state index in [0.29, 0.717) is 12.1 Å². The van der Waals surface area contributed by atoms with Crippen LogP contribution in [0.25, 0.3) is 0 Å². The highest BCUT2D eigenvalue weighted by atomic mass is 79.9. The Morgan fingerprint density at radius 3 is 2.40 bits per heavy atom. The minimum atomic E-state index is -0.303. The van der Waals surface area contributed by atoms with Crippen LogP contribution in [0.1, 0.15) is 23.2 Å². The molecule has 0 unspecified atom stereocenters. The van der Waals surface area contributed by atoms with Crippen molar-refractivity contribution in [2.24, 2.45) is 5.73 Å². The van der Waals surface area contributed by atoms with E-state index in [0.717, 1.165) is 30.4 Å². The first kappa shape index (κ1) is 15.0. The molecule has 0 aliphatic carbocycles. The molecule has 1 aliphatic heterocycles. The third-order valence-corrected chi connectivity index (χ3v) is 3.94. The van der Waals surface area contributed by atoms with Crippen LogP contribution in [0.3, 0.4) is 0 Å². The summed E-state index contributed by atoms with van der Waals surface area (Å²) < 4.78 is 0.953. The summed E-state index contributed by atoms with van der Waals surface area (Å²) in [6.45, 7) is 1.87. The van der Waals surface area contributed by atoms with Gasteiger partial charge in [-0.2, -0.15) is 0 Å². The summed E-state index contributed by atoms with van der Waals surface area (Å²) in [5, 5.41) is 3.03. The van der Waals surface area contributed by atoms with Gasteiger partial charge in [0, 0.05) is 29.2 Å². The summed E-state index contributed by atoms with van der Waals surface area (Å²) in [4.78, 5) is 24.9. The van der Waals surface area contributed by atoms with Gasteiger partial charge in [0.25, 0.3) is 5.91 Å². The third-order valence-electron chi connectivity index (χ3n) is 3.41. The molecule has 2 amide bonds. The molecule has 1 heterocycles. The molecule has 1 saturated heterocycles. The van der Waals surface area contributed by atoms with Crippen LogP contribution in [0.4, 0.5) is 0 Å². The molecule has 1 aromatic rings. The number of halogens is 1. The zero-order valence-corrected chi connectivity index (χ0v) is 12.7. The number of hydrogen-bond donors (Lipinski definition) is 2. The molecule has 0 atom stereocenters. The van der Waals surface area contributed by atoms with Crippen LogP contribution in [0.5, 0.6) is 0 Å². The normalized spacial score (nSPS) is 16.9. The average Bonchev–Trinajstić information content (AvgIpc) is 2.41. The Hall–Kier alpha value is -1.40. The Balaban J connectivity index is 1.82. The van der Waals surface area contributed by atoms with Crippen LogP contribution in [0.15, 0.2) is 28.7 Å². The number of likely N-dealkylation sites (tertiary alicyclic amines) is 1. The SMILES string of the molecule is NC(=O)CN1CCC(NC(=O)c2ccc(Br)cc2)CC1. The molecule has 0 saturated carbocycles. The number of primary amides is 1. The first-order valence-electron chi connectivity index (χ1n) is 6.61. The summed E-state index contributed by atoms with van der Waals surface area (Å²) in [6, 6.07) is 7.45. The van der Waals surface area contributed by atoms with Crippen molar-refractivity contribution in [3.05, 3.63) is 34.3 Å². The van der Waals surface area contributed by atoms with Gasteiger partial charge in [0.05, 0.1) is 6.54 Å². The molecular weight excluding hydrogens is 322 g/mol. The number of amides is 2. The van der Waals surface area contributed by atoms with Gasteiger partial charge >= 0.3 is 0 Å². The molecule has 1 aliphatic rings. The number of benzene rings is 1. The number of hydrogen-bond acceptors (Lipinski definition) is 3. The van der Waals surface area contributed by atoms with E-state index in [4.69, 9.17) is 5.73 Å². The topological polar surface area (TPSA) is 75.4 Å². The molecule has 20 heavy (non-hydrogen) atoms. The molecule has 6 heteroatoms. The highest BCUT2D eigenvalue weighted by molar-refractivity contribution is 9.10. The summed E-state index contributed by atoms with van der Waals surface area (Å²) >= 11 is 3.34. The lowest BCUT2D eigenvalue weighted by atomic mass is 10.0. The lowest BCUT2D eigenvalue weighted by Crippen LogP contribution is -2.46. The first-order valence-corrected chi connectivity index (χ1v) is 7.41. The van der Waals surface area contributed by atoms with Crippen molar-refractivity contribution in [3.8, 4) is 0 Å². The number of nitrogens with two attached hydrogens (primary N) is 1. The number of nitrogens with zero attached hydrogens (tertiary/aromatic N) is 1. The first-order chi connectivity index (χ1) is 9.54. The number of piperidine rings is 1. The number of nitrogens with one attached hydrogen (secondary N) is 1. The molecule has 108 valence electrons. The van der Waals surface area contributed by atoms with Crippen LogP contribution in [-0.4, -0.2) is 42.4 Å². The molecule has 5 nitrogen and oxygen atoms in total.